The van der Waals surface area contributed by atoms with Crippen LogP contribution >= 0.6 is 23.2 Å². The van der Waals surface area contributed by atoms with E-state index in [0.29, 0.717) is 40.3 Å². The van der Waals surface area contributed by atoms with Crippen LogP contribution in [0, 0.1) is 12.8 Å². The fourth-order valence-electron chi connectivity index (χ4n) is 3.16. The summed E-state index contributed by atoms with van der Waals surface area (Å²) in [7, 11) is -3.64. The molecular formula is C20H22Cl2N2O3S. The largest absolute Gasteiger partial charge is 0.321 e. The SMILES string of the molecule is Cc1ccc(S(=O)(=O)N2CCC(C)CC2)cc1C(=O)Nc1cc(Cl)ccc1Cl. The van der Waals surface area contributed by atoms with Crippen molar-refractivity contribution in [2.75, 3.05) is 18.4 Å². The highest BCUT2D eigenvalue weighted by Crippen LogP contribution is 2.28. The molecule has 2 aromatic rings. The lowest BCUT2D eigenvalue weighted by Gasteiger charge is -2.29. The number of benzene rings is 2. The Bertz CT molecular complexity index is 1000. The Morgan fingerprint density at radius 1 is 1.11 bits per heavy atom. The van der Waals surface area contributed by atoms with Gasteiger partial charge in [0.2, 0.25) is 10.0 Å². The maximum atomic E-state index is 13.0. The van der Waals surface area contributed by atoms with Gasteiger partial charge in [-0.3, -0.25) is 4.79 Å². The van der Waals surface area contributed by atoms with Crippen molar-refractivity contribution in [1.29, 1.82) is 0 Å². The number of nitrogens with one attached hydrogen (secondary N) is 1. The number of halogens is 2. The molecule has 0 radical (unpaired) electrons. The summed E-state index contributed by atoms with van der Waals surface area (Å²) in [5.41, 5.74) is 1.32. The molecular weight excluding hydrogens is 419 g/mol. The molecule has 0 aromatic heterocycles. The third kappa shape index (κ3) is 4.51. The zero-order valence-electron chi connectivity index (χ0n) is 15.7. The summed E-state index contributed by atoms with van der Waals surface area (Å²) in [5.74, 6) is 0.0826. The molecule has 0 atom stereocenters. The minimum Gasteiger partial charge on any atom is -0.321 e. The number of sulfonamides is 1. The number of aryl methyl sites for hydroxylation is 1. The molecule has 0 aliphatic carbocycles. The minimum atomic E-state index is -3.64. The van der Waals surface area contributed by atoms with Gasteiger partial charge in [-0.15, -0.1) is 0 Å². The average Bonchev–Trinajstić information content (AvgIpc) is 2.65. The number of nitrogens with zero attached hydrogens (tertiary/aromatic N) is 1. The molecule has 0 bridgehead atoms. The number of carbonyl (C=O) groups excluding carboxylic acids is 1. The highest BCUT2D eigenvalue weighted by molar-refractivity contribution is 7.89. The van der Waals surface area contributed by atoms with Crippen molar-refractivity contribution >= 4 is 44.8 Å². The van der Waals surface area contributed by atoms with Crippen LogP contribution in [0.15, 0.2) is 41.3 Å². The number of carbonyl (C=O) groups is 1. The number of anilines is 1. The molecule has 0 spiro atoms. The number of amides is 1. The molecule has 2 aromatic carbocycles. The van der Waals surface area contributed by atoms with E-state index < -0.39 is 15.9 Å². The van der Waals surface area contributed by atoms with Crippen LogP contribution in [0.4, 0.5) is 5.69 Å². The monoisotopic (exact) mass is 440 g/mol. The number of piperidine rings is 1. The zero-order valence-corrected chi connectivity index (χ0v) is 18.0. The summed E-state index contributed by atoms with van der Waals surface area (Å²) in [6, 6.07) is 9.38. The summed E-state index contributed by atoms with van der Waals surface area (Å²) in [5, 5.41) is 3.49. The van der Waals surface area contributed by atoms with Crippen LogP contribution in [-0.2, 0) is 10.0 Å². The highest BCUT2D eigenvalue weighted by Gasteiger charge is 2.29. The molecule has 0 saturated carbocycles. The Kier molecular flexibility index (Phi) is 6.34. The second-order valence-corrected chi connectivity index (χ2v) is 9.92. The molecule has 1 N–H and O–H groups in total. The van der Waals surface area contributed by atoms with Crippen molar-refractivity contribution in [3.05, 3.63) is 57.6 Å². The molecule has 28 heavy (non-hydrogen) atoms. The van der Waals surface area contributed by atoms with Crippen LogP contribution in [0.3, 0.4) is 0 Å². The molecule has 1 amide bonds. The summed E-state index contributed by atoms with van der Waals surface area (Å²) in [6.07, 6.45) is 1.68. The molecule has 1 saturated heterocycles. The van der Waals surface area contributed by atoms with Crippen molar-refractivity contribution in [1.82, 2.24) is 4.31 Å². The van der Waals surface area contributed by atoms with Gasteiger partial charge in [0.15, 0.2) is 0 Å². The summed E-state index contributed by atoms with van der Waals surface area (Å²) in [4.78, 5) is 12.9. The Balaban J connectivity index is 1.89. The second kappa shape index (κ2) is 8.41. The van der Waals surface area contributed by atoms with E-state index in [1.807, 2.05) is 0 Å². The van der Waals surface area contributed by atoms with Gasteiger partial charge in [-0.1, -0.05) is 36.2 Å². The second-order valence-electron chi connectivity index (χ2n) is 7.14. The van der Waals surface area contributed by atoms with E-state index in [-0.39, 0.29) is 10.5 Å². The Labute approximate surface area is 175 Å². The molecule has 5 nitrogen and oxygen atoms in total. The molecule has 1 aliphatic heterocycles. The lowest BCUT2D eigenvalue weighted by Crippen LogP contribution is -2.38. The van der Waals surface area contributed by atoms with E-state index in [1.165, 1.54) is 10.4 Å². The Morgan fingerprint density at radius 3 is 2.46 bits per heavy atom. The first-order valence-electron chi connectivity index (χ1n) is 9.05. The van der Waals surface area contributed by atoms with E-state index in [1.54, 1.807) is 37.3 Å². The predicted molar refractivity (Wildman–Crippen MR) is 113 cm³/mol. The number of hydrogen-bond donors (Lipinski definition) is 1. The van der Waals surface area contributed by atoms with Crippen LogP contribution in [0.5, 0.6) is 0 Å². The summed E-state index contributed by atoms with van der Waals surface area (Å²) in [6.45, 7) is 4.88. The number of rotatable bonds is 4. The van der Waals surface area contributed by atoms with E-state index in [9.17, 15) is 13.2 Å². The first-order chi connectivity index (χ1) is 13.2. The standard InChI is InChI=1S/C20H22Cl2N2O3S/c1-13-7-9-24(10-8-13)28(26,27)16-5-3-14(2)17(12-16)20(25)23-19-11-15(21)4-6-18(19)22/h3-6,11-13H,7-10H2,1-2H3,(H,23,25). The maximum Gasteiger partial charge on any atom is 0.256 e. The van der Waals surface area contributed by atoms with Crippen molar-refractivity contribution in [3.63, 3.8) is 0 Å². The van der Waals surface area contributed by atoms with Gasteiger partial charge in [0, 0.05) is 23.7 Å². The highest BCUT2D eigenvalue weighted by atomic mass is 35.5. The lowest BCUT2D eigenvalue weighted by molar-refractivity contribution is 0.102. The molecule has 1 aliphatic rings. The molecule has 3 rings (SSSR count). The van der Waals surface area contributed by atoms with Gasteiger partial charge in [0.1, 0.15) is 0 Å². The van der Waals surface area contributed by atoms with Crippen molar-refractivity contribution in [2.24, 2.45) is 5.92 Å². The van der Waals surface area contributed by atoms with E-state index >= 15 is 0 Å². The van der Waals surface area contributed by atoms with Crippen LogP contribution in [0.1, 0.15) is 35.7 Å². The third-order valence-corrected chi connectivity index (χ3v) is 7.47. The van der Waals surface area contributed by atoms with Crippen molar-refractivity contribution in [3.8, 4) is 0 Å². The van der Waals surface area contributed by atoms with Gasteiger partial charge < -0.3 is 5.32 Å². The maximum absolute atomic E-state index is 13.0. The lowest BCUT2D eigenvalue weighted by atomic mass is 10.0. The van der Waals surface area contributed by atoms with E-state index in [4.69, 9.17) is 23.2 Å². The van der Waals surface area contributed by atoms with E-state index in [2.05, 4.69) is 12.2 Å². The van der Waals surface area contributed by atoms with Gasteiger partial charge in [-0.25, -0.2) is 8.42 Å². The van der Waals surface area contributed by atoms with Gasteiger partial charge in [-0.05, 0) is 61.6 Å². The van der Waals surface area contributed by atoms with Gasteiger partial charge >= 0.3 is 0 Å². The fraction of sp³-hybridized carbons (Fsp3) is 0.350. The first kappa shape index (κ1) is 21.1. The predicted octanol–water partition coefficient (Wildman–Crippen LogP) is 4.97. The van der Waals surface area contributed by atoms with Crippen LogP contribution in [-0.4, -0.2) is 31.7 Å². The average molecular weight is 441 g/mol. The Morgan fingerprint density at radius 2 is 1.79 bits per heavy atom. The molecule has 0 unspecified atom stereocenters. The van der Waals surface area contributed by atoms with Crippen LogP contribution < -0.4 is 5.32 Å². The quantitative estimate of drug-likeness (QED) is 0.728. The van der Waals surface area contributed by atoms with Gasteiger partial charge in [-0.2, -0.15) is 4.31 Å². The third-order valence-electron chi connectivity index (χ3n) is 5.01. The molecule has 1 heterocycles. The minimum absolute atomic E-state index is 0.120. The fourth-order valence-corrected chi connectivity index (χ4v) is 5.00. The summed E-state index contributed by atoms with van der Waals surface area (Å²) < 4.78 is 27.5. The van der Waals surface area contributed by atoms with E-state index in [0.717, 1.165) is 12.8 Å². The summed E-state index contributed by atoms with van der Waals surface area (Å²) >= 11 is 12.1. The topological polar surface area (TPSA) is 66.5 Å². The smallest absolute Gasteiger partial charge is 0.256 e. The number of hydrogen-bond acceptors (Lipinski definition) is 3. The Hall–Kier alpha value is -1.60. The molecule has 150 valence electrons. The normalized spacial score (nSPS) is 16.1. The first-order valence-corrected chi connectivity index (χ1v) is 11.3. The van der Waals surface area contributed by atoms with Crippen molar-refractivity contribution in [2.45, 2.75) is 31.6 Å². The van der Waals surface area contributed by atoms with Crippen molar-refractivity contribution < 1.29 is 13.2 Å². The molecule has 1 fully saturated rings. The van der Waals surface area contributed by atoms with Crippen LogP contribution in [0.2, 0.25) is 10.0 Å². The van der Waals surface area contributed by atoms with Crippen LogP contribution in [0.25, 0.3) is 0 Å². The van der Waals surface area contributed by atoms with Gasteiger partial charge in [0.25, 0.3) is 5.91 Å². The van der Waals surface area contributed by atoms with Gasteiger partial charge in [0.05, 0.1) is 15.6 Å². The molecule has 8 heteroatoms. The zero-order chi connectivity index (χ0) is 20.5.